The van der Waals surface area contributed by atoms with Crippen molar-refractivity contribution in [2.45, 2.75) is 0 Å². The standard InChI is InChI=1S/C22H14Cl2N2O6/c23-13-4-6-15(21(29)30)17(9-13)25-19(27)11-2-1-3-12(8-11)20(28)26-18-10-14(24)5-7-16(18)22(31)32/h1-10H,(H,25,27)(H,26,28)(H,29,30)(H,31,32). The van der Waals surface area contributed by atoms with Crippen molar-refractivity contribution in [1.29, 1.82) is 0 Å². The number of carbonyl (C=O) groups excluding carboxylic acids is 2. The van der Waals surface area contributed by atoms with Crippen molar-refractivity contribution in [1.82, 2.24) is 0 Å². The van der Waals surface area contributed by atoms with Gasteiger partial charge in [0.1, 0.15) is 0 Å². The number of hydrogen-bond donors (Lipinski definition) is 4. The lowest BCUT2D eigenvalue weighted by atomic mass is 10.1. The summed E-state index contributed by atoms with van der Waals surface area (Å²) in [5.41, 5.74) is -0.181. The third-order valence-corrected chi connectivity index (χ3v) is 4.78. The van der Waals surface area contributed by atoms with E-state index in [1.807, 2.05) is 0 Å². The van der Waals surface area contributed by atoms with Crippen LogP contribution in [-0.2, 0) is 0 Å². The lowest BCUT2D eigenvalue weighted by Crippen LogP contribution is -2.18. The normalized spacial score (nSPS) is 10.3. The maximum Gasteiger partial charge on any atom is 0.337 e. The van der Waals surface area contributed by atoms with Gasteiger partial charge in [0, 0.05) is 21.2 Å². The smallest absolute Gasteiger partial charge is 0.337 e. The molecule has 0 saturated heterocycles. The Labute approximate surface area is 191 Å². The molecule has 32 heavy (non-hydrogen) atoms. The number of carboxylic acids is 2. The number of rotatable bonds is 6. The molecular weight excluding hydrogens is 459 g/mol. The molecular formula is C22H14Cl2N2O6. The number of amides is 2. The summed E-state index contributed by atoms with van der Waals surface area (Å²) in [6.07, 6.45) is 0. The van der Waals surface area contributed by atoms with E-state index in [0.717, 1.165) is 0 Å². The number of aromatic carboxylic acids is 2. The first kappa shape index (κ1) is 22.8. The molecule has 0 saturated carbocycles. The molecule has 2 amide bonds. The van der Waals surface area contributed by atoms with Crippen LogP contribution in [0, 0.1) is 0 Å². The molecule has 0 aliphatic carbocycles. The second-order valence-corrected chi connectivity index (χ2v) is 7.35. The highest BCUT2D eigenvalue weighted by Gasteiger charge is 2.17. The number of carboxylic acid groups (broad SMARTS) is 2. The fourth-order valence-electron chi connectivity index (χ4n) is 2.80. The Morgan fingerprint density at radius 2 is 1.03 bits per heavy atom. The van der Waals surface area contributed by atoms with Crippen molar-refractivity contribution in [3.8, 4) is 0 Å². The average Bonchev–Trinajstić information content (AvgIpc) is 2.73. The molecule has 162 valence electrons. The second-order valence-electron chi connectivity index (χ2n) is 6.48. The van der Waals surface area contributed by atoms with E-state index in [1.165, 1.54) is 60.7 Å². The van der Waals surface area contributed by atoms with Gasteiger partial charge in [-0.3, -0.25) is 9.59 Å². The van der Waals surface area contributed by atoms with Crippen LogP contribution in [0.5, 0.6) is 0 Å². The van der Waals surface area contributed by atoms with Gasteiger partial charge >= 0.3 is 11.9 Å². The van der Waals surface area contributed by atoms with Gasteiger partial charge in [-0.15, -0.1) is 0 Å². The quantitative estimate of drug-likeness (QED) is 0.403. The van der Waals surface area contributed by atoms with E-state index in [0.29, 0.717) is 0 Å². The van der Waals surface area contributed by atoms with E-state index in [-0.39, 0.29) is 43.7 Å². The topological polar surface area (TPSA) is 133 Å². The van der Waals surface area contributed by atoms with Crippen LogP contribution in [0.3, 0.4) is 0 Å². The Kier molecular flexibility index (Phi) is 6.77. The van der Waals surface area contributed by atoms with Gasteiger partial charge in [-0.2, -0.15) is 0 Å². The molecule has 0 atom stereocenters. The van der Waals surface area contributed by atoms with Gasteiger partial charge in [0.2, 0.25) is 0 Å². The van der Waals surface area contributed by atoms with E-state index in [1.54, 1.807) is 0 Å². The van der Waals surface area contributed by atoms with Crippen molar-refractivity contribution in [3.05, 3.63) is 93.0 Å². The van der Waals surface area contributed by atoms with E-state index in [9.17, 15) is 29.4 Å². The van der Waals surface area contributed by atoms with E-state index in [4.69, 9.17) is 23.2 Å². The molecule has 3 aromatic rings. The molecule has 8 nitrogen and oxygen atoms in total. The average molecular weight is 473 g/mol. The number of carbonyl (C=O) groups is 4. The zero-order chi connectivity index (χ0) is 23.4. The molecule has 0 aromatic heterocycles. The first-order chi connectivity index (χ1) is 15.2. The number of nitrogens with one attached hydrogen (secondary N) is 2. The first-order valence-corrected chi connectivity index (χ1v) is 9.70. The van der Waals surface area contributed by atoms with Gasteiger partial charge in [0.15, 0.2) is 0 Å². The maximum atomic E-state index is 12.6. The molecule has 0 aliphatic rings. The predicted molar refractivity (Wildman–Crippen MR) is 119 cm³/mol. The van der Waals surface area contributed by atoms with Crippen LogP contribution in [0.1, 0.15) is 41.4 Å². The number of anilines is 2. The van der Waals surface area contributed by atoms with Crippen molar-refractivity contribution < 1.29 is 29.4 Å². The lowest BCUT2D eigenvalue weighted by Gasteiger charge is -2.11. The van der Waals surface area contributed by atoms with Crippen LogP contribution in [0.15, 0.2) is 60.7 Å². The second kappa shape index (κ2) is 9.51. The molecule has 0 fully saturated rings. The van der Waals surface area contributed by atoms with Crippen LogP contribution in [0.4, 0.5) is 11.4 Å². The molecule has 0 aliphatic heterocycles. The SMILES string of the molecule is O=C(Nc1cc(Cl)ccc1C(=O)O)c1cccc(C(=O)Nc2cc(Cl)ccc2C(=O)O)c1. The van der Waals surface area contributed by atoms with Crippen molar-refractivity contribution in [2.75, 3.05) is 10.6 Å². The van der Waals surface area contributed by atoms with Gasteiger partial charge in [0.25, 0.3) is 11.8 Å². The Hall–Kier alpha value is -3.88. The Morgan fingerprint density at radius 1 is 0.625 bits per heavy atom. The van der Waals surface area contributed by atoms with E-state index in [2.05, 4.69) is 10.6 Å². The molecule has 0 bridgehead atoms. The van der Waals surface area contributed by atoms with Crippen molar-refractivity contribution in [2.24, 2.45) is 0 Å². The van der Waals surface area contributed by atoms with Gasteiger partial charge in [-0.1, -0.05) is 29.3 Å². The van der Waals surface area contributed by atoms with Crippen LogP contribution < -0.4 is 10.6 Å². The Balaban J connectivity index is 1.85. The fourth-order valence-corrected chi connectivity index (χ4v) is 3.15. The van der Waals surface area contributed by atoms with E-state index < -0.39 is 23.8 Å². The maximum absolute atomic E-state index is 12.6. The van der Waals surface area contributed by atoms with Gasteiger partial charge in [0.05, 0.1) is 22.5 Å². The third-order valence-electron chi connectivity index (χ3n) is 4.31. The molecule has 3 aromatic carbocycles. The fraction of sp³-hybridized carbons (Fsp3) is 0. The Morgan fingerprint density at radius 3 is 1.41 bits per heavy atom. The Bertz CT molecular complexity index is 1170. The zero-order valence-electron chi connectivity index (χ0n) is 16.1. The summed E-state index contributed by atoms with van der Waals surface area (Å²) in [6, 6.07) is 13.5. The summed E-state index contributed by atoms with van der Waals surface area (Å²) in [6.45, 7) is 0. The van der Waals surface area contributed by atoms with Gasteiger partial charge in [-0.25, -0.2) is 9.59 Å². The molecule has 0 heterocycles. The summed E-state index contributed by atoms with van der Waals surface area (Å²) < 4.78 is 0. The molecule has 0 spiro atoms. The van der Waals surface area contributed by atoms with Crippen LogP contribution >= 0.6 is 23.2 Å². The summed E-state index contributed by atoms with van der Waals surface area (Å²) in [4.78, 5) is 48.0. The zero-order valence-corrected chi connectivity index (χ0v) is 17.6. The summed E-state index contributed by atoms with van der Waals surface area (Å²) in [5.74, 6) is -3.83. The van der Waals surface area contributed by atoms with Crippen LogP contribution in [0.2, 0.25) is 10.0 Å². The summed E-state index contributed by atoms with van der Waals surface area (Å²) >= 11 is 11.8. The highest BCUT2D eigenvalue weighted by Crippen LogP contribution is 2.24. The highest BCUT2D eigenvalue weighted by molar-refractivity contribution is 6.31. The lowest BCUT2D eigenvalue weighted by molar-refractivity contribution is 0.0687. The van der Waals surface area contributed by atoms with Crippen molar-refractivity contribution >= 4 is 58.3 Å². The predicted octanol–water partition coefficient (Wildman–Crippen LogP) is 4.89. The number of benzene rings is 3. The monoisotopic (exact) mass is 472 g/mol. The van der Waals surface area contributed by atoms with Gasteiger partial charge < -0.3 is 20.8 Å². The molecule has 0 unspecified atom stereocenters. The van der Waals surface area contributed by atoms with Crippen molar-refractivity contribution in [3.63, 3.8) is 0 Å². The van der Waals surface area contributed by atoms with Gasteiger partial charge in [-0.05, 0) is 54.6 Å². The summed E-state index contributed by atoms with van der Waals surface area (Å²) in [5, 5.41) is 24.0. The van der Waals surface area contributed by atoms with E-state index >= 15 is 0 Å². The third kappa shape index (κ3) is 5.23. The minimum atomic E-state index is -1.25. The number of halogens is 2. The molecule has 0 radical (unpaired) electrons. The highest BCUT2D eigenvalue weighted by atomic mass is 35.5. The van der Waals surface area contributed by atoms with Crippen LogP contribution in [0.25, 0.3) is 0 Å². The number of hydrogen-bond acceptors (Lipinski definition) is 4. The molecule has 3 rings (SSSR count). The largest absolute Gasteiger partial charge is 0.478 e. The van der Waals surface area contributed by atoms with Crippen LogP contribution in [-0.4, -0.2) is 34.0 Å². The minimum absolute atomic E-state index is 0.00474. The summed E-state index contributed by atoms with van der Waals surface area (Å²) in [7, 11) is 0. The molecule has 4 N–H and O–H groups in total. The molecule has 10 heteroatoms. The minimum Gasteiger partial charge on any atom is -0.478 e. The first-order valence-electron chi connectivity index (χ1n) is 8.94.